The summed E-state index contributed by atoms with van der Waals surface area (Å²) >= 11 is 0. The van der Waals surface area contributed by atoms with Crippen molar-refractivity contribution in [3.8, 4) is 0 Å². The Hall–Kier alpha value is -1.81. The van der Waals surface area contributed by atoms with Crippen LogP contribution in [0.5, 0.6) is 0 Å². The lowest BCUT2D eigenvalue weighted by atomic mass is 10.0. The van der Waals surface area contributed by atoms with Gasteiger partial charge in [0.1, 0.15) is 0 Å². The predicted molar refractivity (Wildman–Crippen MR) is 88.0 cm³/mol. The fraction of sp³-hybridized carbons (Fsp3) is 0.500. The first-order chi connectivity index (χ1) is 10.4. The predicted octanol–water partition coefficient (Wildman–Crippen LogP) is 3.39. The molecule has 2 aromatic rings. The van der Waals surface area contributed by atoms with Gasteiger partial charge in [0.25, 0.3) is 0 Å². The molecule has 1 aromatic carbocycles. The van der Waals surface area contributed by atoms with Crippen LogP contribution in [0.4, 0.5) is 0 Å². The molecule has 1 aliphatic rings. The van der Waals surface area contributed by atoms with Crippen molar-refractivity contribution < 1.29 is 9.53 Å². The van der Waals surface area contributed by atoms with Crippen LogP contribution in [0.2, 0.25) is 0 Å². The van der Waals surface area contributed by atoms with Crippen LogP contribution in [0.25, 0.3) is 10.9 Å². The second-order valence-corrected chi connectivity index (χ2v) is 6.41. The van der Waals surface area contributed by atoms with Gasteiger partial charge in [-0.3, -0.25) is 4.90 Å². The van der Waals surface area contributed by atoms with Crippen LogP contribution in [0, 0.1) is 6.92 Å². The SMILES string of the molecule is CCN1Cc2cc3c(C(=O)OC(C)C)c(C)n(C)c3cc2C1. The number of benzene rings is 1. The minimum atomic E-state index is -0.219. The van der Waals surface area contributed by atoms with E-state index in [1.54, 1.807) is 0 Å². The third-order valence-corrected chi connectivity index (χ3v) is 4.60. The largest absolute Gasteiger partial charge is 0.459 e. The molecule has 0 unspecified atom stereocenters. The number of hydrogen-bond acceptors (Lipinski definition) is 3. The second kappa shape index (κ2) is 5.43. The summed E-state index contributed by atoms with van der Waals surface area (Å²) in [5, 5.41) is 1.02. The first kappa shape index (κ1) is 15.1. The van der Waals surface area contributed by atoms with E-state index in [2.05, 4.69) is 28.5 Å². The highest BCUT2D eigenvalue weighted by Gasteiger charge is 2.25. The fourth-order valence-corrected chi connectivity index (χ4v) is 3.28. The Balaban J connectivity index is 2.14. The average Bonchev–Trinajstić information content (AvgIpc) is 2.96. The van der Waals surface area contributed by atoms with E-state index in [-0.39, 0.29) is 12.1 Å². The van der Waals surface area contributed by atoms with Gasteiger partial charge in [-0.1, -0.05) is 6.92 Å². The van der Waals surface area contributed by atoms with Gasteiger partial charge in [0.05, 0.1) is 11.7 Å². The van der Waals surface area contributed by atoms with Crippen molar-refractivity contribution >= 4 is 16.9 Å². The zero-order valence-corrected chi connectivity index (χ0v) is 14.1. The summed E-state index contributed by atoms with van der Waals surface area (Å²) < 4.78 is 7.54. The van der Waals surface area contributed by atoms with Crippen LogP contribution >= 0.6 is 0 Å². The van der Waals surface area contributed by atoms with Gasteiger partial charge in [-0.05, 0) is 50.6 Å². The fourth-order valence-electron chi connectivity index (χ4n) is 3.28. The molecular formula is C18H24N2O2. The molecule has 0 N–H and O–H groups in total. The summed E-state index contributed by atoms with van der Waals surface area (Å²) in [6.45, 7) is 10.9. The Morgan fingerprint density at radius 3 is 2.50 bits per heavy atom. The summed E-state index contributed by atoms with van der Waals surface area (Å²) in [5.74, 6) is -0.219. The van der Waals surface area contributed by atoms with Crippen LogP contribution < -0.4 is 0 Å². The van der Waals surface area contributed by atoms with E-state index in [0.717, 1.165) is 36.2 Å². The molecule has 0 saturated carbocycles. The van der Waals surface area contributed by atoms with Crippen molar-refractivity contribution in [2.45, 2.75) is 46.9 Å². The highest BCUT2D eigenvalue weighted by molar-refractivity contribution is 6.06. The average molecular weight is 300 g/mol. The van der Waals surface area contributed by atoms with Crippen molar-refractivity contribution in [2.75, 3.05) is 6.54 Å². The third kappa shape index (κ3) is 2.31. The van der Waals surface area contributed by atoms with E-state index < -0.39 is 0 Å². The summed E-state index contributed by atoms with van der Waals surface area (Å²) in [5.41, 5.74) is 5.50. The van der Waals surface area contributed by atoms with E-state index >= 15 is 0 Å². The lowest BCUT2D eigenvalue weighted by Crippen LogP contribution is -2.14. The summed E-state index contributed by atoms with van der Waals surface area (Å²) in [6.07, 6.45) is -0.104. The Kier molecular flexibility index (Phi) is 3.73. The van der Waals surface area contributed by atoms with Gasteiger partial charge in [-0.2, -0.15) is 0 Å². The standard InChI is InChI=1S/C18H24N2O2/c1-6-20-9-13-7-15-16(8-14(13)10-20)19(5)12(4)17(15)18(21)22-11(2)3/h7-8,11H,6,9-10H2,1-5H3. The number of carbonyl (C=O) groups excluding carboxylic acids is 1. The molecule has 0 saturated heterocycles. The molecule has 3 rings (SSSR count). The maximum Gasteiger partial charge on any atom is 0.340 e. The molecule has 0 bridgehead atoms. The quantitative estimate of drug-likeness (QED) is 0.815. The molecule has 0 fully saturated rings. The molecule has 118 valence electrons. The second-order valence-electron chi connectivity index (χ2n) is 6.41. The van der Waals surface area contributed by atoms with E-state index in [0.29, 0.717) is 5.56 Å². The lowest BCUT2D eigenvalue weighted by molar-refractivity contribution is 0.0379. The molecule has 1 aromatic heterocycles. The number of fused-ring (bicyclic) bond motifs is 2. The first-order valence-corrected chi connectivity index (χ1v) is 7.96. The Bertz CT molecular complexity index is 743. The van der Waals surface area contributed by atoms with Crippen LogP contribution in [-0.2, 0) is 24.9 Å². The summed E-state index contributed by atoms with van der Waals surface area (Å²) in [4.78, 5) is 14.9. The number of aryl methyl sites for hydroxylation is 1. The maximum atomic E-state index is 12.5. The van der Waals surface area contributed by atoms with E-state index in [4.69, 9.17) is 4.74 Å². The molecule has 1 aliphatic heterocycles. The minimum Gasteiger partial charge on any atom is -0.459 e. The third-order valence-electron chi connectivity index (χ3n) is 4.60. The van der Waals surface area contributed by atoms with Gasteiger partial charge in [0, 0.05) is 36.7 Å². The van der Waals surface area contributed by atoms with Crippen LogP contribution in [0.3, 0.4) is 0 Å². The number of aromatic nitrogens is 1. The van der Waals surface area contributed by atoms with Crippen LogP contribution in [0.1, 0.15) is 48.0 Å². The van der Waals surface area contributed by atoms with Crippen molar-refractivity contribution in [3.05, 3.63) is 34.5 Å². The maximum absolute atomic E-state index is 12.5. The molecule has 4 heteroatoms. The van der Waals surface area contributed by atoms with Gasteiger partial charge in [-0.25, -0.2) is 4.79 Å². The zero-order valence-electron chi connectivity index (χ0n) is 14.1. The molecule has 4 nitrogen and oxygen atoms in total. The van der Waals surface area contributed by atoms with Crippen molar-refractivity contribution in [3.63, 3.8) is 0 Å². The first-order valence-electron chi connectivity index (χ1n) is 7.96. The van der Waals surface area contributed by atoms with E-state index in [1.165, 1.54) is 11.1 Å². The zero-order chi connectivity index (χ0) is 16.0. The Morgan fingerprint density at radius 1 is 1.27 bits per heavy atom. The lowest BCUT2D eigenvalue weighted by Gasteiger charge is -2.09. The van der Waals surface area contributed by atoms with Gasteiger partial charge in [0.15, 0.2) is 0 Å². The van der Waals surface area contributed by atoms with Gasteiger partial charge in [0.2, 0.25) is 0 Å². The number of esters is 1. The summed E-state index contributed by atoms with van der Waals surface area (Å²) in [6, 6.07) is 4.42. The Labute approximate surface area is 131 Å². The van der Waals surface area contributed by atoms with Crippen LogP contribution in [0.15, 0.2) is 12.1 Å². The van der Waals surface area contributed by atoms with Crippen molar-refractivity contribution in [2.24, 2.45) is 7.05 Å². The molecule has 0 amide bonds. The number of nitrogens with zero attached hydrogens (tertiary/aromatic N) is 2. The van der Waals surface area contributed by atoms with Gasteiger partial charge < -0.3 is 9.30 Å². The topological polar surface area (TPSA) is 34.5 Å². The molecule has 0 atom stereocenters. The van der Waals surface area contributed by atoms with Gasteiger partial charge in [-0.15, -0.1) is 0 Å². The number of hydrogen-bond donors (Lipinski definition) is 0. The highest BCUT2D eigenvalue weighted by atomic mass is 16.5. The molecule has 0 aliphatic carbocycles. The van der Waals surface area contributed by atoms with Gasteiger partial charge >= 0.3 is 5.97 Å². The monoisotopic (exact) mass is 300 g/mol. The summed E-state index contributed by atoms with van der Waals surface area (Å²) in [7, 11) is 2.02. The van der Waals surface area contributed by atoms with Crippen molar-refractivity contribution in [1.29, 1.82) is 0 Å². The number of ether oxygens (including phenoxy) is 1. The highest BCUT2D eigenvalue weighted by Crippen LogP contribution is 2.32. The normalized spacial score (nSPS) is 14.8. The molecule has 0 radical (unpaired) electrons. The molecule has 0 spiro atoms. The minimum absolute atomic E-state index is 0.104. The smallest absolute Gasteiger partial charge is 0.340 e. The van der Waals surface area contributed by atoms with E-state index in [1.807, 2.05) is 27.8 Å². The molecule has 22 heavy (non-hydrogen) atoms. The van der Waals surface area contributed by atoms with Crippen LogP contribution in [-0.4, -0.2) is 28.1 Å². The molecule has 2 heterocycles. The number of rotatable bonds is 3. The van der Waals surface area contributed by atoms with E-state index in [9.17, 15) is 4.79 Å². The van der Waals surface area contributed by atoms with Crippen molar-refractivity contribution in [1.82, 2.24) is 9.47 Å². The Morgan fingerprint density at radius 2 is 1.91 bits per heavy atom. The molecular weight excluding hydrogens is 276 g/mol. The number of carbonyl (C=O) groups is 1.